The molecule has 0 fully saturated rings. The molecule has 6 nitrogen and oxygen atoms in total. The van der Waals surface area contributed by atoms with Crippen molar-refractivity contribution in [3.8, 4) is 0 Å². The van der Waals surface area contributed by atoms with E-state index in [1.54, 1.807) is 6.08 Å². The van der Waals surface area contributed by atoms with Crippen molar-refractivity contribution in [2.24, 2.45) is 15.8 Å². The minimum Gasteiger partial charge on any atom is -0.344 e. The Balaban J connectivity index is 2.76. The van der Waals surface area contributed by atoms with Crippen LogP contribution in [0.1, 0.15) is 38.7 Å². The van der Waals surface area contributed by atoms with Crippen molar-refractivity contribution in [2.45, 2.75) is 39.5 Å². The van der Waals surface area contributed by atoms with Crippen LogP contribution >= 0.6 is 0 Å². The molecule has 0 heterocycles. The smallest absolute Gasteiger partial charge is 0.0975 e. The van der Waals surface area contributed by atoms with E-state index in [2.05, 4.69) is 77.1 Å². The summed E-state index contributed by atoms with van der Waals surface area (Å²) in [6.07, 6.45) is 17.7. The van der Waals surface area contributed by atoms with Crippen LogP contribution in [0, 0.1) is 0 Å². The van der Waals surface area contributed by atoms with Crippen molar-refractivity contribution >= 4 is 17.7 Å². The van der Waals surface area contributed by atoms with E-state index in [4.69, 9.17) is 10.8 Å². The van der Waals surface area contributed by atoms with E-state index in [-0.39, 0.29) is 0 Å². The normalized spacial score (nSPS) is 12.9. The van der Waals surface area contributed by atoms with Crippen LogP contribution in [0.3, 0.4) is 0 Å². The number of allylic oxidation sites excluding steroid dienone is 8. The van der Waals surface area contributed by atoms with E-state index >= 15 is 0 Å². The summed E-state index contributed by atoms with van der Waals surface area (Å²) >= 11 is 0. The highest BCUT2D eigenvalue weighted by Gasteiger charge is 2.02. The van der Waals surface area contributed by atoms with Crippen LogP contribution in [0.2, 0.25) is 0 Å². The number of nitrogens with one attached hydrogen (secondary N) is 2. The van der Waals surface area contributed by atoms with Crippen LogP contribution in [0.5, 0.6) is 0 Å². The Labute approximate surface area is 219 Å². The van der Waals surface area contributed by atoms with Gasteiger partial charge < -0.3 is 16.4 Å². The molecular formula is C30H46N6. The van der Waals surface area contributed by atoms with E-state index in [1.165, 1.54) is 5.56 Å². The number of nitrogens with two attached hydrogens (primary N) is 1. The lowest BCUT2D eigenvalue weighted by Crippen LogP contribution is -2.27. The number of benzene rings is 1. The van der Waals surface area contributed by atoms with Gasteiger partial charge in [-0.1, -0.05) is 68.7 Å². The largest absolute Gasteiger partial charge is 0.344 e. The predicted molar refractivity (Wildman–Crippen MR) is 160 cm³/mol. The Bertz CT molecular complexity index is 906. The predicted octanol–water partition coefficient (Wildman–Crippen LogP) is 5.50. The molecule has 0 unspecified atom stereocenters. The highest BCUT2D eigenvalue weighted by molar-refractivity contribution is 5.93. The van der Waals surface area contributed by atoms with Crippen LogP contribution in [0.4, 0.5) is 5.69 Å². The number of aliphatic imine (C=N–C) groups is 1. The molecule has 0 aliphatic rings. The van der Waals surface area contributed by atoms with Gasteiger partial charge >= 0.3 is 0 Å². The number of hydrogen-bond acceptors (Lipinski definition) is 5. The summed E-state index contributed by atoms with van der Waals surface area (Å²) in [6, 6.07) is 8.52. The fourth-order valence-corrected chi connectivity index (χ4v) is 3.39. The number of hydrazone groups is 1. The van der Waals surface area contributed by atoms with Gasteiger partial charge in [0, 0.05) is 37.4 Å². The van der Waals surface area contributed by atoms with Crippen LogP contribution < -0.4 is 16.4 Å². The molecule has 0 spiro atoms. The molecule has 36 heavy (non-hydrogen) atoms. The third kappa shape index (κ3) is 13.6. The summed E-state index contributed by atoms with van der Waals surface area (Å²) in [5.74, 6) is 0.910. The third-order valence-electron chi connectivity index (χ3n) is 5.28. The Morgan fingerprint density at radius 2 is 1.81 bits per heavy atom. The lowest BCUT2D eigenvalue weighted by atomic mass is 10.0. The molecular weight excluding hydrogens is 444 g/mol. The molecule has 0 aliphatic heterocycles. The van der Waals surface area contributed by atoms with Crippen molar-refractivity contribution in [1.82, 2.24) is 10.3 Å². The van der Waals surface area contributed by atoms with Gasteiger partial charge in [-0.3, -0.25) is 10.0 Å². The Hall–Kier alpha value is -3.22. The van der Waals surface area contributed by atoms with Crippen LogP contribution in [-0.2, 0) is 6.42 Å². The molecule has 196 valence electrons. The van der Waals surface area contributed by atoms with Crippen LogP contribution in [-0.4, -0.2) is 56.8 Å². The summed E-state index contributed by atoms with van der Waals surface area (Å²) in [5.41, 5.74) is 9.93. The molecule has 0 radical (unpaired) electrons. The monoisotopic (exact) mass is 490 g/mol. The van der Waals surface area contributed by atoms with E-state index in [9.17, 15) is 0 Å². The summed E-state index contributed by atoms with van der Waals surface area (Å²) < 4.78 is 0. The van der Waals surface area contributed by atoms with E-state index < -0.39 is 0 Å². The Kier molecular flexibility index (Phi) is 17.1. The number of likely N-dealkylation sites (N-methyl/N-ethyl adjacent to an activating group) is 1. The molecule has 0 aromatic heterocycles. The molecule has 0 atom stereocenters. The number of anilines is 1. The molecule has 1 aromatic carbocycles. The van der Waals surface area contributed by atoms with Gasteiger partial charge in [0.1, 0.15) is 0 Å². The van der Waals surface area contributed by atoms with Crippen molar-refractivity contribution in [3.05, 3.63) is 90.6 Å². The minimum absolute atomic E-state index is 0.665. The van der Waals surface area contributed by atoms with Crippen molar-refractivity contribution in [3.63, 3.8) is 0 Å². The van der Waals surface area contributed by atoms with E-state index in [0.717, 1.165) is 74.5 Å². The minimum atomic E-state index is 0.665. The summed E-state index contributed by atoms with van der Waals surface area (Å²) in [4.78, 5) is 4.47. The maximum Gasteiger partial charge on any atom is 0.0975 e. The van der Waals surface area contributed by atoms with Gasteiger partial charge in [-0.15, -0.1) is 0 Å². The summed E-state index contributed by atoms with van der Waals surface area (Å²) in [5, 5.41) is 13.3. The number of hydrogen-bond donors (Lipinski definition) is 3. The molecule has 0 bridgehead atoms. The van der Waals surface area contributed by atoms with Gasteiger partial charge in [0.25, 0.3) is 0 Å². The molecule has 6 heteroatoms. The first kappa shape index (κ1) is 30.8. The molecule has 4 N–H and O–H groups in total. The van der Waals surface area contributed by atoms with Crippen molar-refractivity contribution < 1.29 is 0 Å². The second-order valence-electron chi connectivity index (χ2n) is 8.39. The Morgan fingerprint density at radius 1 is 1.08 bits per heavy atom. The first-order chi connectivity index (χ1) is 17.6. The summed E-state index contributed by atoms with van der Waals surface area (Å²) in [6.45, 7) is 16.0. The second-order valence-corrected chi connectivity index (χ2v) is 8.39. The van der Waals surface area contributed by atoms with Gasteiger partial charge in [0.2, 0.25) is 0 Å². The van der Waals surface area contributed by atoms with E-state index in [0.29, 0.717) is 6.54 Å². The van der Waals surface area contributed by atoms with Crippen LogP contribution in [0.25, 0.3) is 0 Å². The summed E-state index contributed by atoms with van der Waals surface area (Å²) in [7, 11) is 1.96. The SMILES string of the molecule is C=C/C=C(\C=N/N(CCC)CCNC)C(/C=C\CCc1ccc(NC(C)=NCCCN)cc1)=C/C=C. The number of nitrogens with zero attached hydrogens (tertiary/aromatic N) is 3. The fraction of sp³-hybridized carbons (Fsp3) is 0.400. The highest BCUT2D eigenvalue weighted by atomic mass is 15.4. The first-order valence-corrected chi connectivity index (χ1v) is 12.9. The average molecular weight is 491 g/mol. The molecule has 0 saturated carbocycles. The highest BCUT2D eigenvalue weighted by Crippen LogP contribution is 2.14. The van der Waals surface area contributed by atoms with Gasteiger partial charge in [0.05, 0.1) is 12.1 Å². The number of amidine groups is 1. The first-order valence-electron chi connectivity index (χ1n) is 12.9. The zero-order valence-corrected chi connectivity index (χ0v) is 22.5. The number of aryl methyl sites for hydroxylation is 1. The maximum absolute atomic E-state index is 5.52. The lowest BCUT2D eigenvalue weighted by Gasteiger charge is -2.18. The molecule has 0 aliphatic carbocycles. The van der Waals surface area contributed by atoms with Crippen LogP contribution in [0.15, 0.2) is 95.1 Å². The third-order valence-corrected chi connectivity index (χ3v) is 5.28. The zero-order chi connectivity index (χ0) is 26.4. The topological polar surface area (TPSA) is 78.0 Å². The van der Waals surface area contributed by atoms with E-state index in [1.807, 2.05) is 38.4 Å². The quantitative estimate of drug-likeness (QED) is 0.0835. The lowest BCUT2D eigenvalue weighted by molar-refractivity contribution is 0.292. The fourth-order valence-electron chi connectivity index (χ4n) is 3.39. The standard InChI is InChI=1S/C30H46N6/c1-6-12-28(29(13-7-2)25-34-36(23-8-3)24-22-32-5)15-10-9-14-27-16-18-30(19-17-27)35-26(4)33-21-11-20-31/h6-7,10,12-13,15-19,25,32H,1-2,8-9,11,14,20-24,31H2,3-5H3,(H,33,35)/b15-10-,28-12+,29-13+,34-25-. The Morgan fingerprint density at radius 3 is 2.44 bits per heavy atom. The average Bonchev–Trinajstić information content (AvgIpc) is 2.88. The molecule has 0 amide bonds. The zero-order valence-electron chi connectivity index (χ0n) is 22.5. The maximum atomic E-state index is 5.52. The molecule has 1 rings (SSSR count). The number of rotatable bonds is 18. The van der Waals surface area contributed by atoms with Gasteiger partial charge in [-0.05, 0) is 69.5 Å². The molecule has 1 aromatic rings. The van der Waals surface area contributed by atoms with Crippen molar-refractivity contribution in [1.29, 1.82) is 0 Å². The molecule has 0 saturated heterocycles. The van der Waals surface area contributed by atoms with Gasteiger partial charge in [-0.25, -0.2) is 0 Å². The van der Waals surface area contributed by atoms with Gasteiger partial charge in [0.15, 0.2) is 0 Å². The second kappa shape index (κ2) is 20.0. The van der Waals surface area contributed by atoms with Gasteiger partial charge in [-0.2, -0.15) is 5.10 Å². The van der Waals surface area contributed by atoms with Crippen molar-refractivity contribution in [2.75, 3.05) is 45.1 Å².